The molecule has 1 unspecified atom stereocenters. The summed E-state index contributed by atoms with van der Waals surface area (Å²) >= 11 is 5.96. The number of pyridine rings is 1. The summed E-state index contributed by atoms with van der Waals surface area (Å²) in [4.78, 5) is 4.19. The lowest BCUT2D eigenvalue weighted by molar-refractivity contribution is 0.677. The molecule has 0 saturated heterocycles. The molecule has 2 nitrogen and oxygen atoms in total. The molecule has 0 fully saturated rings. The number of nitrogens with one attached hydrogen (secondary N) is 1. The van der Waals surface area contributed by atoms with E-state index in [9.17, 15) is 0 Å². The van der Waals surface area contributed by atoms with E-state index in [1.807, 2.05) is 19.1 Å². The molecule has 0 aliphatic heterocycles. The Morgan fingerprint density at radius 1 is 1.26 bits per heavy atom. The molecule has 2 rings (SSSR count). The summed E-state index contributed by atoms with van der Waals surface area (Å²) in [5.74, 6) is 0. The Morgan fingerprint density at radius 3 is 2.63 bits per heavy atom. The quantitative estimate of drug-likeness (QED) is 0.777. The van der Waals surface area contributed by atoms with Crippen molar-refractivity contribution in [1.29, 1.82) is 0 Å². The number of hydrogen-bond donors (Lipinski definition) is 1. The van der Waals surface area contributed by atoms with Gasteiger partial charge in [0.1, 0.15) is 5.15 Å². The smallest absolute Gasteiger partial charge is 0.132 e. The van der Waals surface area contributed by atoms with Gasteiger partial charge < -0.3 is 5.32 Å². The van der Waals surface area contributed by atoms with Gasteiger partial charge in [0.15, 0.2) is 0 Å². The van der Waals surface area contributed by atoms with Gasteiger partial charge in [0.2, 0.25) is 0 Å². The van der Waals surface area contributed by atoms with Gasteiger partial charge in [-0.3, -0.25) is 0 Å². The normalized spacial score (nSPS) is 12.2. The molecule has 1 N–H and O–H groups in total. The summed E-state index contributed by atoms with van der Waals surface area (Å²) in [6.45, 7) is 4.17. The fourth-order valence-electron chi connectivity index (χ4n) is 2.13. The van der Waals surface area contributed by atoms with Crippen LogP contribution in [0.3, 0.4) is 0 Å². The maximum absolute atomic E-state index is 5.96. The first kappa shape index (κ1) is 13.9. The molecule has 0 spiro atoms. The predicted octanol–water partition coefficient (Wildman–Crippen LogP) is 5.00. The number of nitrogens with zero attached hydrogens (tertiary/aromatic N) is 1. The van der Waals surface area contributed by atoms with Gasteiger partial charge in [0.25, 0.3) is 0 Å². The van der Waals surface area contributed by atoms with Gasteiger partial charge in [-0.25, -0.2) is 4.98 Å². The molecule has 1 aromatic heterocycles. The van der Waals surface area contributed by atoms with E-state index in [4.69, 9.17) is 11.6 Å². The highest BCUT2D eigenvalue weighted by Gasteiger charge is 2.10. The van der Waals surface area contributed by atoms with Crippen LogP contribution in [0.1, 0.15) is 36.9 Å². The first-order valence-electron chi connectivity index (χ1n) is 6.64. The third-order valence-corrected chi connectivity index (χ3v) is 3.53. The maximum Gasteiger partial charge on any atom is 0.132 e. The van der Waals surface area contributed by atoms with Gasteiger partial charge in [-0.15, -0.1) is 0 Å². The van der Waals surface area contributed by atoms with Crippen molar-refractivity contribution in [3.05, 3.63) is 58.9 Å². The zero-order valence-corrected chi connectivity index (χ0v) is 12.1. The summed E-state index contributed by atoms with van der Waals surface area (Å²) in [6.07, 6.45) is 4.01. The van der Waals surface area contributed by atoms with E-state index in [0.29, 0.717) is 11.2 Å². The SMILES string of the molecule is CCCC(Nc1cnc(Cl)c(C)c1)c1ccccc1. The standard InChI is InChI=1S/C16H19ClN2/c1-3-7-15(13-8-5-4-6-9-13)19-14-10-12(2)16(17)18-11-14/h4-6,8-11,15,19H,3,7H2,1-2H3. The lowest BCUT2D eigenvalue weighted by atomic mass is 10.0. The fraction of sp³-hybridized carbons (Fsp3) is 0.312. The number of rotatable bonds is 5. The highest BCUT2D eigenvalue weighted by Crippen LogP contribution is 2.25. The average molecular weight is 275 g/mol. The van der Waals surface area contributed by atoms with Crippen LogP contribution in [-0.2, 0) is 0 Å². The van der Waals surface area contributed by atoms with Crippen LogP contribution in [-0.4, -0.2) is 4.98 Å². The van der Waals surface area contributed by atoms with Crippen LogP contribution in [0.15, 0.2) is 42.6 Å². The van der Waals surface area contributed by atoms with Gasteiger partial charge in [-0.1, -0.05) is 55.3 Å². The van der Waals surface area contributed by atoms with E-state index in [1.54, 1.807) is 6.20 Å². The fourth-order valence-corrected chi connectivity index (χ4v) is 2.24. The molecule has 2 aromatic rings. The van der Waals surface area contributed by atoms with Gasteiger partial charge in [0, 0.05) is 0 Å². The van der Waals surface area contributed by atoms with Crippen LogP contribution >= 0.6 is 11.6 Å². The van der Waals surface area contributed by atoms with E-state index in [1.165, 1.54) is 5.56 Å². The first-order valence-corrected chi connectivity index (χ1v) is 7.02. The molecule has 0 bridgehead atoms. The zero-order valence-electron chi connectivity index (χ0n) is 11.4. The Balaban J connectivity index is 2.19. The summed E-state index contributed by atoms with van der Waals surface area (Å²) in [5, 5.41) is 4.11. The Morgan fingerprint density at radius 2 is 2.00 bits per heavy atom. The van der Waals surface area contributed by atoms with Crippen molar-refractivity contribution in [2.45, 2.75) is 32.7 Å². The van der Waals surface area contributed by atoms with Crippen molar-refractivity contribution in [1.82, 2.24) is 4.98 Å². The van der Waals surface area contributed by atoms with E-state index < -0.39 is 0 Å². The molecule has 0 amide bonds. The van der Waals surface area contributed by atoms with E-state index in [0.717, 1.165) is 24.1 Å². The minimum Gasteiger partial charge on any atom is -0.377 e. The highest BCUT2D eigenvalue weighted by atomic mass is 35.5. The van der Waals surface area contributed by atoms with Gasteiger partial charge in [-0.2, -0.15) is 0 Å². The second-order valence-corrected chi connectivity index (χ2v) is 5.09. The molecule has 1 heterocycles. The van der Waals surface area contributed by atoms with Crippen LogP contribution in [0, 0.1) is 6.92 Å². The molecule has 100 valence electrons. The molecule has 19 heavy (non-hydrogen) atoms. The predicted molar refractivity (Wildman–Crippen MR) is 81.7 cm³/mol. The second kappa shape index (κ2) is 6.58. The molecule has 0 saturated carbocycles. The average Bonchev–Trinajstić information content (AvgIpc) is 2.43. The lowest BCUT2D eigenvalue weighted by Crippen LogP contribution is -2.10. The van der Waals surface area contributed by atoms with Crippen molar-refractivity contribution < 1.29 is 0 Å². The maximum atomic E-state index is 5.96. The molecule has 0 aliphatic carbocycles. The molecular weight excluding hydrogens is 256 g/mol. The number of halogens is 1. The largest absolute Gasteiger partial charge is 0.377 e. The van der Waals surface area contributed by atoms with Crippen molar-refractivity contribution in [2.75, 3.05) is 5.32 Å². The third kappa shape index (κ3) is 3.71. The van der Waals surface area contributed by atoms with Crippen molar-refractivity contribution in [3.63, 3.8) is 0 Å². The van der Waals surface area contributed by atoms with Gasteiger partial charge in [-0.05, 0) is 30.5 Å². The Bertz CT molecular complexity index is 526. The minimum atomic E-state index is 0.313. The number of hydrogen-bond acceptors (Lipinski definition) is 2. The summed E-state index contributed by atoms with van der Waals surface area (Å²) in [6, 6.07) is 12.9. The van der Waals surface area contributed by atoms with E-state index in [-0.39, 0.29) is 0 Å². The minimum absolute atomic E-state index is 0.313. The first-order chi connectivity index (χ1) is 9.20. The number of aryl methyl sites for hydroxylation is 1. The van der Waals surface area contributed by atoms with Crippen LogP contribution in [0.2, 0.25) is 5.15 Å². The van der Waals surface area contributed by atoms with Crippen LogP contribution in [0.5, 0.6) is 0 Å². The molecule has 0 radical (unpaired) electrons. The summed E-state index contributed by atoms with van der Waals surface area (Å²) in [5.41, 5.74) is 3.32. The molecular formula is C16H19ClN2. The van der Waals surface area contributed by atoms with Crippen LogP contribution < -0.4 is 5.32 Å². The van der Waals surface area contributed by atoms with Crippen LogP contribution in [0.4, 0.5) is 5.69 Å². The molecule has 3 heteroatoms. The lowest BCUT2D eigenvalue weighted by Gasteiger charge is -2.20. The van der Waals surface area contributed by atoms with E-state index in [2.05, 4.69) is 41.5 Å². The van der Waals surface area contributed by atoms with Crippen molar-refractivity contribution in [3.8, 4) is 0 Å². The van der Waals surface area contributed by atoms with Crippen LogP contribution in [0.25, 0.3) is 0 Å². The van der Waals surface area contributed by atoms with Crippen molar-refractivity contribution in [2.24, 2.45) is 0 Å². The van der Waals surface area contributed by atoms with Gasteiger partial charge >= 0.3 is 0 Å². The Labute approximate surface area is 119 Å². The molecule has 0 aliphatic rings. The molecule has 1 aromatic carbocycles. The second-order valence-electron chi connectivity index (χ2n) is 4.73. The third-order valence-electron chi connectivity index (χ3n) is 3.13. The monoisotopic (exact) mass is 274 g/mol. The van der Waals surface area contributed by atoms with Gasteiger partial charge in [0.05, 0.1) is 17.9 Å². The summed E-state index contributed by atoms with van der Waals surface area (Å²) < 4.78 is 0. The summed E-state index contributed by atoms with van der Waals surface area (Å²) in [7, 11) is 0. The number of anilines is 1. The topological polar surface area (TPSA) is 24.9 Å². The molecule has 1 atom stereocenters. The Kier molecular flexibility index (Phi) is 4.80. The Hall–Kier alpha value is -1.54. The number of benzene rings is 1. The zero-order chi connectivity index (χ0) is 13.7. The highest BCUT2D eigenvalue weighted by molar-refractivity contribution is 6.30. The van der Waals surface area contributed by atoms with E-state index >= 15 is 0 Å². The number of aromatic nitrogens is 1. The van der Waals surface area contributed by atoms with Crippen molar-refractivity contribution >= 4 is 17.3 Å².